The smallest absolute Gasteiger partial charge is 0.273 e. The number of hydrazine groups is 1. The van der Waals surface area contributed by atoms with E-state index in [1.165, 1.54) is 49.0 Å². The maximum absolute atomic E-state index is 12.3. The van der Waals surface area contributed by atoms with E-state index in [2.05, 4.69) is 30.9 Å². The fraction of sp³-hybridized carbons (Fsp3) is 0.0588. The van der Waals surface area contributed by atoms with Crippen molar-refractivity contribution in [1.29, 1.82) is 0 Å². The third-order valence-electron chi connectivity index (χ3n) is 3.61. The molecule has 3 aromatic rings. The molecule has 1 amide bonds. The topological polar surface area (TPSA) is 138 Å². The van der Waals surface area contributed by atoms with Gasteiger partial charge < -0.3 is 9.73 Å². The monoisotopic (exact) mass is 432 g/mol. The molecule has 0 atom stereocenters. The molecule has 3 rings (SSSR count). The Labute approximate surface area is 171 Å². The molecule has 0 radical (unpaired) electrons. The van der Waals surface area contributed by atoms with E-state index in [1.807, 2.05) is 0 Å². The van der Waals surface area contributed by atoms with Crippen molar-refractivity contribution in [3.63, 3.8) is 0 Å². The molecule has 2 aromatic heterocycles. The summed E-state index contributed by atoms with van der Waals surface area (Å²) < 4.78 is 32.0. The highest BCUT2D eigenvalue weighted by Gasteiger charge is 2.15. The lowest BCUT2D eigenvalue weighted by atomic mass is 10.2. The van der Waals surface area contributed by atoms with Gasteiger partial charge in [-0.25, -0.2) is 23.1 Å². The molecule has 0 spiro atoms. The summed E-state index contributed by atoms with van der Waals surface area (Å²) in [6.45, 7) is 1.67. The van der Waals surface area contributed by atoms with E-state index in [1.54, 1.807) is 13.0 Å². The largest absolute Gasteiger partial charge is 0.469 e. The Kier molecular flexibility index (Phi) is 6.04. The first kappa shape index (κ1) is 20.2. The van der Waals surface area contributed by atoms with Crippen molar-refractivity contribution >= 4 is 44.9 Å². The number of aryl methyl sites for hydroxylation is 1. The Bertz CT molecular complexity index is 1110. The van der Waals surface area contributed by atoms with Crippen LogP contribution in [0.4, 0.5) is 11.6 Å². The number of amides is 1. The molecule has 0 aliphatic carbocycles. The van der Waals surface area contributed by atoms with Crippen molar-refractivity contribution in [2.24, 2.45) is 0 Å². The van der Waals surface area contributed by atoms with E-state index in [4.69, 9.17) is 16.6 Å². The van der Waals surface area contributed by atoms with Gasteiger partial charge in [0.15, 0.2) is 5.11 Å². The van der Waals surface area contributed by atoms with E-state index in [0.29, 0.717) is 17.0 Å². The zero-order valence-electron chi connectivity index (χ0n) is 15.0. The third kappa shape index (κ3) is 5.27. The summed E-state index contributed by atoms with van der Waals surface area (Å²) in [4.78, 5) is 19.7. The fourth-order valence-electron chi connectivity index (χ4n) is 2.21. The predicted molar refractivity (Wildman–Crippen MR) is 110 cm³/mol. The first-order chi connectivity index (χ1) is 13.8. The molecule has 12 heteroatoms. The second-order valence-electron chi connectivity index (χ2n) is 5.63. The molecular formula is C17H16N6O4S2. The van der Waals surface area contributed by atoms with Gasteiger partial charge in [-0.15, -0.1) is 0 Å². The van der Waals surface area contributed by atoms with Gasteiger partial charge in [0, 0.05) is 18.1 Å². The summed E-state index contributed by atoms with van der Waals surface area (Å²) in [5.74, 6) is 0.0502. The van der Waals surface area contributed by atoms with Gasteiger partial charge in [-0.2, -0.15) is 0 Å². The first-order valence-corrected chi connectivity index (χ1v) is 10.1. The SMILES string of the molecule is Cc1occc1C(=O)NNC(=S)Nc1ccc(S(=O)(=O)Nc2ncccn2)cc1. The lowest BCUT2D eigenvalue weighted by Gasteiger charge is -2.12. The minimum atomic E-state index is -3.83. The minimum absolute atomic E-state index is 0.0244. The number of carbonyl (C=O) groups excluding carboxylic acids is 1. The number of hydrogen-bond acceptors (Lipinski definition) is 7. The Balaban J connectivity index is 1.56. The minimum Gasteiger partial charge on any atom is -0.469 e. The predicted octanol–water partition coefficient (Wildman–Crippen LogP) is 1.81. The molecule has 29 heavy (non-hydrogen) atoms. The molecule has 0 aliphatic heterocycles. The highest BCUT2D eigenvalue weighted by atomic mass is 32.2. The molecule has 2 heterocycles. The maximum atomic E-state index is 12.3. The molecule has 1 aromatic carbocycles. The van der Waals surface area contributed by atoms with Crippen molar-refractivity contribution in [2.75, 3.05) is 10.0 Å². The molecular weight excluding hydrogens is 416 g/mol. The van der Waals surface area contributed by atoms with E-state index >= 15 is 0 Å². The zero-order chi connectivity index (χ0) is 20.9. The standard InChI is InChI=1S/C17H16N6O4S2/c1-11-14(7-10-27-11)15(24)21-22-17(28)20-12-3-5-13(6-4-12)29(25,26)23-16-18-8-2-9-19-16/h2-10H,1H3,(H,21,24)(H,18,19,23)(H2,20,22,28). The quantitative estimate of drug-likeness (QED) is 0.351. The molecule has 0 unspecified atom stereocenters. The van der Waals surface area contributed by atoms with Crippen molar-refractivity contribution in [3.05, 3.63) is 66.4 Å². The average molecular weight is 432 g/mol. The normalized spacial score (nSPS) is 10.8. The Morgan fingerprint density at radius 1 is 1.07 bits per heavy atom. The van der Waals surface area contributed by atoms with E-state index in [-0.39, 0.29) is 16.0 Å². The van der Waals surface area contributed by atoms with Gasteiger partial charge in [0.2, 0.25) is 5.95 Å². The molecule has 0 bridgehead atoms. The van der Waals surface area contributed by atoms with E-state index < -0.39 is 15.9 Å². The molecule has 0 aliphatic rings. The van der Waals surface area contributed by atoms with Crippen LogP contribution in [-0.2, 0) is 10.0 Å². The van der Waals surface area contributed by atoms with E-state index in [9.17, 15) is 13.2 Å². The van der Waals surface area contributed by atoms with Crippen molar-refractivity contribution in [1.82, 2.24) is 20.8 Å². The second-order valence-corrected chi connectivity index (χ2v) is 7.72. The number of aromatic nitrogens is 2. The average Bonchev–Trinajstić information content (AvgIpc) is 3.13. The number of nitrogens with one attached hydrogen (secondary N) is 4. The Morgan fingerprint density at radius 2 is 1.76 bits per heavy atom. The number of furan rings is 1. The second kappa shape index (κ2) is 8.67. The highest BCUT2D eigenvalue weighted by molar-refractivity contribution is 7.92. The van der Waals surface area contributed by atoms with Gasteiger partial charge in [0.05, 0.1) is 16.7 Å². The van der Waals surface area contributed by atoms with Crippen molar-refractivity contribution in [2.45, 2.75) is 11.8 Å². The summed E-state index contributed by atoms with van der Waals surface area (Å²) in [6.07, 6.45) is 4.27. The lowest BCUT2D eigenvalue weighted by Crippen LogP contribution is -2.43. The van der Waals surface area contributed by atoms with Crippen LogP contribution >= 0.6 is 12.2 Å². The number of sulfonamides is 1. The Hall–Kier alpha value is -3.51. The Morgan fingerprint density at radius 3 is 2.38 bits per heavy atom. The molecule has 10 nitrogen and oxygen atoms in total. The molecule has 0 saturated carbocycles. The van der Waals surface area contributed by atoms with Crippen LogP contribution in [0.2, 0.25) is 0 Å². The van der Waals surface area contributed by atoms with E-state index in [0.717, 1.165) is 0 Å². The van der Waals surface area contributed by atoms with Crippen LogP contribution in [0.5, 0.6) is 0 Å². The third-order valence-corrected chi connectivity index (χ3v) is 5.16. The van der Waals surface area contributed by atoms with Gasteiger partial charge in [-0.3, -0.25) is 15.6 Å². The summed E-state index contributed by atoms with van der Waals surface area (Å²) in [5, 5.41) is 2.94. The van der Waals surface area contributed by atoms with Gasteiger partial charge in [0.25, 0.3) is 15.9 Å². The molecule has 0 fully saturated rings. The van der Waals surface area contributed by atoms with Crippen LogP contribution in [-0.4, -0.2) is 29.4 Å². The summed E-state index contributed by atoms with van der Waals surface area (Å²) in [7, 11) is -3.83. The molecule has 150 valence electrons. The van der Waals surface area contributed by atoms with Crippen LogP contribution in [0, 0.1) is 6.92 Å². The van der Waals surface area contributed by atoms with Gasteiger partial charge in [-0.1, -0.05) is 0 Å². The van der Waals surface area contributed by atoms with Crippen LogP contribution in [0.1, 0.15) is 16.1 Å². The summed E-state index contributed by atoms with van der Waals surface area (Å²) >= 11 is 5.10. The van der Waals surface area contributed by atoms with Gasteiger partial charge in [0.1, 0.15) is 5.76 Å². The number of thiocarbonyl (C=S) groups is 1. The highest BCUT2D eigenvalue weighted by Crippen LogP contribution is 2.16. The number of nitrogens with zero attached hydrogens (tertiary/aromatic N) is 2. The lowest BCUT2D eigenvalue weighted by molar-refractivity contribution is 0.0942. The summed E-state index contributed by atoms with van der Waals surface area (Å²) in [6, 6.07) is 8.95. The van der Waals surface area contributed by atoms with Crippen LogP contribution < -0.4 is 20.9 Å². The molecule has 4 N–H and O–H groups in total. The van der Waals surface area contributed by atoms with Crippen LogP contribution in [0.25, 0.3) is 0 Å². The number of carbonyl (C=O) groups is 1. The van der Waals surface area contributed by atoms with Crippen molar-refractivity contribution < 1.29 is 17.6 Å². The van der Waals surface area contributed by atoms with Crippen LogP contribution in [0.3, 0.4) is 0 Å². The van der Waals surface area contributed by atoms with Crippen molar-refractivity contribution in [3.8, 4) is 0 Å². The summed E-state index contributed by atoms with van der Waals surface area (Å²) in [5.41, 5.74) is 5.89. The number of benzene rings is 1. The maximum Gasteiger partial charge on any atom is 0.273 e. The molecule has 0 saturated heterocycles. The number of anilines is 2. The van der Waals surface area contributed by atoms with Gasteiger partial charge >= 0.3 is 0 Å². The number of hydrogen-bond donors (Lipinski definition) is 4. The first-order valence-electron chi connectivity index (χ1n) is 8.16. The van der Waals surface area contributed by atoms with Crippen LogP contribution in [0.15, 0.2) is 64.4 Å². The fourth-order valence-corrected chi connectivity index (χ4v) is 3.34. The zero-order valence-corrected chi connectivity index (χ0v) is 16.7. The number of rotatable bonds is 5. The van der Waals surface area contributed by atoms with Gasteiger partial charge in [-0.05, 0) is 55.5 Å².